The van der Waals surface area contributed by atoms with Crippen LogP contribution in [-0.4, -0.2) is 78.9 Å². The van der Waals surface area contributed by atoms with E-state index in [1.165, 1.54) is 14.8 Å². The second-order valence-electron chi connectivity index (χ2n) is 6.11. The summed E-state index contributed by atoms with van der Waals surface area (Å²) >= 11 is 1.72. The van der Waals surface area contributed by atoms with E-state index in [-0.39, 0.29) is 24.4 Å². The number of amides is 4. The molecule has 2 fully saturated rings. The van der Waals surface area contributed by atoms with E-state index in [2.05, 4.69) is 16.3 Å². The highest BCUT2D eigenvalue weighted by Crippen LogP contribution is 2.22. The summed E-state index contributed by atoms with van der Waals surface area (Å²) < 4.78 is 0. The van der Waals surface area contributed by atoms with Gasteiger partial charge < -0.3 is 14.7 Å². The molecule has 0 N–H and O–H groups in total. The summed E-state index contributed by atoms with van der Waals surface area (Å²) in [4.78, 5) is 42.6. The van der Waals surface area contributed by atoms with Crippen molar-refractivity contribution in [3.05, 3.63) is 17.5 Å². The van der Waals surface area contributed by atoms with Gasteiger partial charge in [-0.3, -0.25) is 14.5 Å². The van der Waals surface area contributed by atoms with Crippen molar-refractivity contribution < 1.29 is 14.4 Å². The lowest BCUT2D eigenvalue weighted by Gasteiger charge is -2.35. The lowest BCUT2D eigenvalue weighted by Crippen LogP contribution is -2.48. The molecule has 1 aromatic rings. The molecule has 2 saturated heterocycles. The molecule has 4 amide bonds. The zero-order chi connectivity index (χ0) is 17.1. The number of urea groups is 1. The van der Waals surface area contributed by atoms with E-state index in [0.29, 0.717) is 19.4 Å². The van der Waals surface area contributed by atoms with E-state index >= 15 is 0 Å². The number of piperazine rings is 1. The maximum absolute atomic E-state index is 12.3. The third kappa shape index (κ3) is 3.53. The van der Waals surface area contributed by atoms with Crippen molar-refractivity contribution in [2.24, 2.45) is 0 Å². The maximum atomic E-state index is 12.3. The lowest BCUT2D eigenvalue weighted by atomic mass is 10.2. The van der Waals surface area contributed by atoms with E-state index in [0.717, 1.165) is 26.2 Å². The average molecular weight is 350 g/mol. The largest absolute Gasteiger partial charge is 0.360 e. The van der Waals surface area contributed by atoms with Crippen molar-refractivity contribution in [3.63, 3.8) is 0 Å². The van der Waals surface area contributed by atoms with Gasteiger partial charge in [-0.05, 0) is 23.9 Å². The first-order chi connectivity index (χ1) is 11.6. The van der Waals surface area contributed by atoms with Crippen molar-refractivity contribution in [1.29, 1.82) is 0 Å². The monoisotopic (exact) mass is 350 g/mol. The minimum atomic E-state index is -0.267. The number of carbonyl (C=O) groups is 3. The summed E-state index contributed by atoms with van der Waals surface area (Å²) in [6.07, 6.45) is 0.898. The van der Waals surface area contributed by atoms with Gasteiger partial charge in [0.2, 0.25) is 11.8 Å². The van der Waals surface area contributed by atoms with Gasteiger partial charge in [-0.15, -0.1) is 11.3 Å². The van der Waals surface area contributed by atoms with Gasteiger partial charge >= 0.3 is 6.03 Å². The predicted octanol–water partition coefficient (Wildman–Crippen LogP) is 1.07. The van der Waals surface area contributed by atoms with Gasteiger partial charge in [0.15, 0.2) is 0 Å². The molecule has 1 aromatic heterocycles. The Balaban J connectivity index is 1.40. The molecule has 8 heteroatoms. The number of nitrogens with zero attached hydrogens (tertiary/aromatic N) is 4. The molecule has 0 aliphatic carbocycles. The Labute approximate surface area is 145 Å². The SMILES string of the molecule is CN1CC(=O)N(CCCC(=O)N2CCN(c3cccs3)CC2)C1=O. The fourth-order valence-corrected chi connectivity index (χ4v) is 3.85. The van der Waals surface area contributed by atoms with Crippen molar-refractivity contribution in [2.45, 2.75) is 12.8 Å². The normalized spacial score (nSPS) is 18.7. The Morgan fingerprint density at radius 2 is 1.96 bits per heavy atom. The van der Waals surface area contributed by atoms with E-state index < -0.39 is 0 Å². The van der Waals surface area contributed by atoms with Crippen molar-refractivity contribution in [1.82, 2.24) is 14.7 Å². The highest BCUT2D eigenvalue weighted by atomic mass is 32.1. The van der Waals surface area contributed by atoms with Crippen LogP contribution in [0.15, 0.2) is 17.5 Å². The molecule has 0 bridgehead atoms. The molecule has 7 nitrogen and oxygen atoms in total. The number of likely N-dealkylation sites (N-methyl/N-ethyl adjacent to an activating group) is 1. The summed E-state index contributed by atoms with van der Waals surface area (Å²) in [5.41, 5.74) is 0. The van der Waals surface area contributed by atoms with Crippen LogP contribution >= 0.6 is 11.3 Å². The van der Waals surface area contributed by atoms with Crippen molar-refractivity contribution in [2.75, 3.05) is 51.2 Å². The lowest BCUT2D eigenvalue weighted by molar-refractivity contribution is -0.132. The molecule has 3 heterocycles. The van der Waals surface area contributed by atoms with Crippen molar-refractivity contribution >= 4 is 34.2 Å². The molecule has 0 spiro atoms. The average Bonchev–Trinajstić information content (AvgIpc) is 3.19. The molecular weight excluding hydrogens is 328 g/mol. The Bertz CT molecular complexity index is 611. The first kappa shape index (κ1) is 16.8. The topological polar surface area (TPSA) is 64.2 Å². The number of carbonyl (C=O) groups excluding carboxylic acids is 3. The van der Waals surface area contributed by atoms with Crippen LogP contribution in [0.1, 0.15) is 12.8 Å². The second kappa shape index (κ2) is 7.21. The molecule has 0 aromatic carbocycles. The molecule has 2 aliphatic rings. The van der Waals surface area contributed by atoms with Gasteiger partial charge in [-0.2, -0.15) is 0 Å². The zero-order valence-corrected chi connectivity index (χ0v) is 14.6. The Morgan fingerprint density at radius 3 is 2.54 bits per heavy atom. The number of anilines is 1. The molecule has 130 valence electrons. The van der Waals surface area contributed by atoms with Crippen LogP contribution in [-0.2, 0) is 9.59 Å². The highest BCUT2D eigenvalue weighted by Gasteiger charge is 2.33. The van der Waals surface area contributed by atoms with Crippen LogP contribution in [0.5, 0.6) is 0 Å². The zero-order valence-electron chi connectivity index (χ0n) is 13.8. The molecule has 24 heavy (non-hydrogen) atoms. The van der Waals surface area contributed by atoms with Crippen LogP contribution in [0, 0.1) is 0 Å². The first-order valence-electron chi connectivity index (χ1n) is 8.18. The molecular formula is C16H22N4O3S. The number of thiophene rings is 1. The Morgan fingerprint density at radius 1 is 1.21 bits per heavy atom. The molecule has 3 rings (SSSR count). The highest BCUT2D eigenvalue weighted by molar-refractivity contribution is 7.14. The molecule has 0 unspecified atom stereocenters. The van der Waals surface area contributed by atoms with Crippen LogP contribution in [0.25, 0.3) is 0 Å². The third-order valence-corrected chi connectivity index (χ3v) is 5.38. The summed E-state index contributed by atoms with van der Waals surface area (Å²) in [5.74, 6) is -0.0761. The van der Waals surface area contributed by atoms with E-state index in [1.807, 2.05) is 11.0 Å². The minimum Gasteiger partial charge on any atom is -0.360 e. The summed E-state index contributed by atoms with van der Waals surface area (Å²) in [6.45, 7) is 3.60. The van der Waals surface area contributed by atoms with E-state index in [4.69, 9.17) is 0 Å². The Hall–Kier alpha value is -2.09. The maximum Gasteiger partial charge on any atom is 0.326 e. The summed E-state index contributed by atoms with van der Waals surface area (Å²) in [7, 11) is 1.61. The van der Waals surface area contributed by atoms with Gasteiger partial charge in [0.25, 0.3) is 0 Å². The van der Waals surface area contributed by atoms with Gasteiger partial charge in [0.05, 0.1) is 5.00 Å². The quantitative estimate of drug-likeness (QED) is 0.745. The Kier molecular flexibility index (Phi) is 5.03. The van der Waals surface area contributed by atoms with E-state index in [1.54, 1.807) is 18.4 Å². The third-order valence-electron chi connectivity index (χ3n) is 4.45. The smallest absolute Gasteiger partial charge is 0.326 e. The first-order valence-corrected chi connectivity index (χ1v) is 9.06. The van der Waals surface area contributed by atoms with E-state index in [9.17, 15) is 14.4 Å². The molecule has 0 saturated carbocycles. The van der Waals surface area contributed by atoms with Gasteiger partial charge in [0.1, 0.15) is 6.54 Å². The van der Waals surface area contributed by atoms with Crippen LogP contribution in [0.3, 0.4) is 0 Å². The van der Waals surface area contributed by atoms with Gasteiger partial charge in [-0.25, -0.2) is 4.79 Å². The van der Waals surface area contributed by atoms with Crippen molar-refractivity contribution in [3.8, 4) is 0 Å². The van der Waals surface area contributed by atoms with Crippen LogP contribution in [0.2, 0.25) is 0 Å². The molecule has 0 radical (unpaired) electrons. The van der Waals surface area contributed by atoms with Gasteiger partial charge in [0, 0.05) is 46.2 Å². The minimum absolute atomic E-state index is 0.105. The molecule has 0 atom stereocenters. The number of rotatable bonds is 5. The number of hydrogen-bond donors (Lipinski definition) is 0. The standard InChI is InChI=1S/C16H22N4O3S/c1-17-12-14(22)20(16(17)23)6-2-4-13(21)18-7-9-19(10-8-18)15-5-3-11-24-15/h3,5,11H,2,4,6-10,12H2,1H3. The van der Waals surface area contributed by atoms with Crippen LogP contribution in [0.4, 0.5) is 9.80 Å². The second-order valence-corrected chi connectivity index (χ2v) is 7.03. The summed E-state index contributed by atoms with van der Waals surface area (Å²) in [5, 5.41) is 3.31. The molecule has 2 aliphatic heterocycles. The predicted molar refractivity (Wildman–Crippen MR) is 92.1 cm³/mol. The summed E-state index contributed by atoms with van der Waals surface area (Å²) in [6, 6.07) is 3.87. The van der Waals surface area contributed by atoms with Gasteiger partial charge in [-0.1, -0.05) is 0 Å². The number of imide groups is 1. The number of hydrogen-bond acceptors (Lipinski definition) is 5. The van der Waals surface area contributed by atoms with Crippen LogP contribution < -0.4 is 4.90 Å². The fraction of sp³-hybridized carbons (Fsp3) is 0.562. The fourth-order valence-electron chi connectivity index (χ4n) is 3.06.